The molecule has 2 heterocycles. The first-order valence-corrected chi connectivity index (χ1v) is 6.49. The summed E-state index contributed by atoms with van der Waals surface area (Å²) in [5.74, 6) is -1.99. The number of aromatic hydroxyl groups is 1. The maximum atomic E-state index is 13.5. The summed E-state index contributed by atoms with van der Waals surface area (Å²) in [5.41, 5.74) is 7.22. The summed E-state index contributed by atoms with van der Waals surface area (Å²) < 4.78 is 13.5. The summed E-state index contributed by atoms with van der Waals surface area (Å²) in [4.78, 5) is 18.8. The highest BCUT2D eigenvalue weighted by Gasteiger charge is 2.12. The van der Waals surface area contributed by atoms with Gasteiger partial charge >= 0.3 is 0 Å². The Morgan fingerprint density at radius 2 is 2.18 bits per heavy atom. The molecule has 6 heteroatoms. The average molecular weight is 297 g/mol. The van der Waals surface area contributed by atoms with Gasteiger partial charge in [0.25, 0.3) is 0 Å². The molecule has 1 amide bonds. The normalized spacial score (nSPS) is 11.8. The number of fused-ring (bicyclic) bond motifs is 1. The summed E-state index contributed by atoms with van der Waals surface area (Å²) >= 11 is 0. The van der Waals surface area contributed by atoms with Crippen LogP contribution in [0.3, 0.4) is 0 Å². The minimum atomic E-state index is -0.815. The molecular weight excluding hydrogens is 285 g/mol. The first-order valence-electron chi connectivity index (χ1n) is 6.49. The monoisotopic (exact) mass is 297 g/mol. The van der Waals surface area contributed by atoms with E-state index in [0.29, 0.717) is 16.8 Å². The number of amides is 1. The number of nitrogens with two attached hydrogens (primary N) is 1. The lowest BCUT2D eigenvalue weighted by molar-refractivity contribution is -0.112. The van der Waals surface area contributed by atoms with Crippen molar-refractivity contribution in [3.05, 3.63) is 59.7 Å². The maximum Gasteiger partial charge on any atom is 0.249 e. The van der Waals surface area contributed by atoms with Gasteiger partial charge in [0.05, 0.1) is 0 Å². The van der Waals surface area contributed by atoms with Crippen molar-refractivity contribution < 1.29 is 14.3 Å². The van der Waals surface area contributed by atoms with E-state index >= 15 is 0 Å². The van der Waals surface area contributed by atoms with Crippen LogP contribution in [-0.4, -0.2) is 21.0 Å². The second-order valence-electron chi connectivity index (χ2n) is 4.73. The summed E-state index contributed by atoms with van der Waals surface area (Å²) in [7, 11) is 0. The molecule has 0 atom stereocenters. The highest BCUT2D eigenvalue weighted by Crippen LogP contribution is 2.25. The number of primary amides is 1. The van der Waals surface area contributed by atoms with Gasteiger partial charge in [-0.3, -0.25) is 4.79 Å². The number of aromatic nitrogens is 2. The van der Waals surface area contributed by atoms with Crippen molar-refractivity contribution in [2.45, 2.75) is 0 Å². The molecule has 0 aliphatic rings. The molecule has 0 spiro atoms. The standard InChI is InChI=1S/C16H12FN3O2/c17-13-7-9(3-4-14(13)21)12(15(18)22)6-10-8-20-16-11(10)2-1-5-19-16/h1-8,21H,(H2,18,22)(H,19,20). The van der Waals surface area contributed by atoms with E-state index in [4.69, 9.17) is 5.73 Å². The smallest absolute Gasteiger partial charge is 0.249 e. The zero-order chi connectivity index (χ0) is 15.7. The number of rotatable bonds is 3. The summed E-state index contributed by atoms with van der Waals surface area (Å²) in [6.07, 6.45) is 4.91. The first kappa shape index (κ1) is 13.8. The predicted molar refractivity (Wildman–Crippen MR) is 81.2 cm³/mol. The Morgan fingerprint density at radius 3 is 2.91 bits per heavy atom. The first-order chi connectivity index (χ1) is 10.6. The zero-order valence-corrected chi connectivity index (χ0v) is 11.4. The molecule has 1 aromatic carbocycles. The number of nitrogens with zero attached hydrogens (tertiary/aromatic N) is 1. The number of H-pyrrole nitrogens is 1. The number of phenolic OH excluding ortho intramolecular Hbond substituents is 1. The lowest BCUT2D eigenvalue weighted by Crippen LogP contribution is -2.13. The number of pyridine rings is 1. The highest BCUT2D eigenvalue weighted by molar-refractivity contribution is 6.24. The third kappa shape index (κ3) is 2.42. The molecule has 0 fully saturated rings. The van der Waals surface area contributed by atoms with Gasteiger partial charge in [-0.25, -0.2) is 9.37 Å². The molecule has 0 saturated carbocycles. The highest BCUT2D eigenvalue weighted by atomic mass is 19.1. The second-order valence-corrected chi connectivity index (χ2v) is 4.73. The Bertz CT molecular complexity index is 899. The fourth-order valence-corrected chi connectivity index (χ4v) is 2.22. The topological polar surface area (TPSA) is 92.0 Å². The van der Waals surface area contributed by atoms with Crippen LogP contribution in [0.15, 0.2) is 42.7 Å². The van der Waals surface area contributed by atoms with E-state index in [9.17, 15) is 14.3 Å². The molecule has 5 nitrogen and oxygen atoms in total. The largest absolute Gasteiger partial charge is 0.505 e. The summed E-state index contributed by atoms with van der Waals surface area (Å²) in [5, 5.41) is 10.1. The van der Waals surface area contributed by atoms with E-state index in [2.05, 4.69) is 9.97 Å². The van der Waals surface area contributed by atoms with Crippen molar-refractivity contribution in [1.29, 1.82) is 0 Å². The second kappa shape index (κ2) is 5.33. The van der Waals surface area contributed by atoms with Gasteiger partial charge < -0.3 is 15.8 Å². The van der Waals surface area contributed by atoms with Gasteiger partial charge in [-0.05, 0) is 35.9 Å². The Hall–Kier alpha value is -3.15. The number of carbonyl (C=O) groups excluding carboxylic acids is 1. The third-order valence-corrected chi connectivity index (χ3v) is 3.31. The number of halogens is 1. The predicted octanol–water partition coefficient (Wildman–Crippen LogP) is 2.43. The van der Waals surface area contributed by atoms with E-state index in [-0.39, 0.29) is 5.57 Å². The SMILES string of the molecule is NC(=O)C(=Cc1c[nH]c2ncccc12)c1ccc(O)c(F)c1. The Kier molecular flexibility index (Phi) is 3.34. The Balaban J connectivity index is 2.15. The Labute approximate surface area is 124 Å². The molecule has 4 N–H and O–H groups in total. The van der Waals surface area contributed by atoms with Crippen molar-refractivity contribution in [2.24, 2.45) is 5.73 Å². The van der Waals surface area contributed by atoms with Crippen LogP contribution in [0.25, 0.3) is 22.7 Å². The number of aromatic amines is 1. The van der Waals surface area contributed by atoms with Crippen LogP contribution >= 0.6 is 0 Å². The number of benzene rings is 1. The maximum absolute atomic E-state index is 13.5. The van der Waals surface area contributed by atoms with Crippen LogP contribution in [0.2, 0.25) is 0 Å². The number of phenols is 1. The van der Waals surface area contributed by atoms with E-state index in [1.54, 1.807) is 24.5 Å². The molecule has 0 aliphatic heterocycles. The minimum Gasteiger partial charge on any atom is -0.505 e. The van der Waals surface area contributed by atoms with Gasteiger partial charge in [-0.1, -0.05) is 6.07 Å². The number of hydrogen-bond acceptors (Lipinski definition) is 3. The van der Waals surface area contributed by atoms with Crippen molar-refractivity contribution in [2.75, 3.05) is 0 Å². The van der Waals surface area contributed by atoms with Gasteiger partial charge in [0.2, 0.25) is 5.91 Å². The summed E-state index contributed by atoms with van der Waals surface area (Å²) in [6.45, 7) is 0. The molecule has 110 valence electrons. The molecule has 0 aliphatic carbocycles. The van der Waals surface area contributed by atoms with Crippen molar-refractivity contribution in [3.8, 4) is 5.75 Å². The van der Waals surface area contributed by atoms with Crippen molar-refractivity contribution in [1.82, 2.24) is 9.97 Å². The number of hydrogen-bond donors (Lipinski definition) is 3. The fraction of sp³-hybridized carbons (Fsp3) is 0. The molecular formula is C16H12FN3O2. The van der Waals surface area contributed by atoms with Crippen molar-refractivity contribution >= 4 is 28.6 Å². The van der Waals surface area contributed by atoms with Gasteiger partial charge in [-0.15, -0.1) is 0 Å². The lowest BCUT2D eigenvalue weighted by atomic mass is 10.0. The molecule has 3 rings (SSSR count). The minimum absolute atomic E-state index is 0.142. The van der Waals surface area contributed by atoms with Crippen LogP contribution in [-0.2, 0) is 4.79 Å². The van der Waals surface area contributed by atoms with Gasteiger partial charge in [-0.2, -0.15) is 0 Å². The fourth-order valence-electron chi connectivity index (χ4n) is 2.22. The Morgan fingerprint density at radius 1 is 1.36 bits per heavy atom. The van der Waals surface area contributed by atoms with Crippen LogP contribution in [0.4, 0.5) is 4.39 Å². The van der Waals surface area contributed by atoms with E-state index < -0.39 is 17.5 Å². The van der Waals surface area contributed by atoms with Crippen LogP contribution < -0.4 is 5.73 Å². The van der Waals surface area contributed by atoms with E-state index in [0.717, 1.165) is 11.5 Å². The zero-order valence-electron chi connectivity index (χ0n) is 11.4. The molecule has 0 radical (unpaired) electrons. The third-order valence-electron chi connectivity index (χ3n) is 3.31. The number of carbonyl (C=O) groups is 1. The van der Waals surface area contributed by atoms with E-state index in [1.165, 1.54) is 12.1 Å². The molecule has 0 bridgehead atoms. The molecule has 2 aromatic heterocycles. The lowest BCUT2D eigenvalue weighted by Gasteiger charge is -2.05. The number of nitrogens with one attached hydrogen (secondary N) is 1. The summed E-state index contributed by atoms with van der Waals surface area (Å²) in [6, 6.07) is 7.30. The average Bonchev–Trinajstić information content (AvgIpc) is 2.91. The molecule has 3 aromatic rings. The quantitative estimate of drug-likeness (QED) is 0.648. The van der Waals surface area contributed by atoms with Crippen molar-refractivity contribution in [3.63, 3.8) is 0 Å². The molecule has 0 saturated heterocycles. The van der Waals surface area contributed by atoms with Crippen LogP contribution in [0, 0.1) is 5.82 Å². The van der Waals surface area contributed by atoms with Crippen LogP contribution in [0.1, 0.15) is 11.1 Å². The molecule has 0 unspecified atom stereocenters. The van der Waals surface area contributed by atoms with Gasteiger partial charge in [0.15, 0.2) is 11.6 Å². The van der Waals surface area contributed by atoms with E-state index in [1.807, 2.05) is 6.07 Å². The van der Waals surface area contributed by atoms with Crippen LogP contribution in [0.5, 0.6) is 5.75 Å². The van der Waals surface area contributed by atoms with Gasteiger partial charge in [0, 0.05) is 28.9 Å². The van der Waals surface area contributed by atoms with Gasteiger partial charge in [0.1, 0.15) is 5.65 Å². The molecule has 22 heavy (non-hydrogen) atoms.